The Morgan fingerprint density at radius 3 is 2.24 bits per heavy atom. The maximum atomic E-state index is 13.6. The summed E-state index contributed by atoms with van der Waals surface area (Å²) in [6, 6.07) is 16.8. The quantitative estimate of drug-likeness (QED) is 0.549. The van der Waals surface area contributed by atoms with Crippen molar-refractivity contribution in [3.8, 4) is 11.5 Å². The molecule has 0 aliphatic carbocycles. The molecule has 4 bridgehead atoms. The van der Waals surface area contributed by atoms with Gasteiger partial charge in [0, 0.05) is 39.8 Å². The van der Waals surface area contributed by atoms with E-state index in [0.717, 1.165) is 21.4 Å². The maximum Gasteiger partial charge on any atom is 0.331 e. The molecule has 3 heterocycles. The normalized spacial score (nSPS) is 17.1. The molecule has 1 spiro atoms. The molecule has 2 aromatic carbocycles. The van der Waals surface area contributed by atoms with Crippen LogP contribution in [-0.2, 0) is 31.7 Å². The second kappa shape index (κ2) is 9.72. The van der Waals surface area contributed by atoms with Crippen LogP contribution in [0.15, 0.2) is 64.2 Å². The first-order valence-electron chi connectivity index (χ1n) is 12.5. The van der Waals surface area contributed by atoms with Gasteiger partial charge in [-0.05, 0) is 61.1 Å². The molecule has 3 aromatic rings. The number of piperidine rings is 1. The van der Waals surface area contributed by atoms with Crippen molar-refractivity contribution in [3.63, 3.8) is 0 Å². The molecular weight excluding hydrogens is 472 g/mol. The van der Waals surface area contributed by atoms with E-state index in [1.54, 1.807) is 4.90 Å². The average molecular weight is 503 g/mol. The number of carbonyl (C=O) groups excluding carboxylic acids is 2. The van der Waals surface area contributed by atoms with Gasteiger partial charge >= 0.3 is 5.69 Å². The van der Waals surface area contributed by atoms with Gasteiger partial charge in [0.05, 0.1) is 5.41 Å². The smallest absolute Gasteiger partial charge is 0.331 e. The summed E-state index contributed by atoms with van der Waals surface area (Å²) in [7, 11) is 2.86. The van der Waals surface area contributed by atoms with Crippen molar-refractivity contribution in [2.75, 3.05) is 19.6 Å². The Hall–Kier alpha value is -4.14. The van der Waals surface area contributed by atoms with Crippen LogP contribution >= 0.6 is 0 Å². The van der Waals surface area contributed by atoms with Gasteiger partial charge < -0.3 is 15.0 Å². The molecule has 5 rings (SSSR count). The second-order valence-corrected chi connectivity index (χ2v) is 9.92. The van der Waals surface area contributed by atoms with Gasteiger partial charge in [0.15, 0.2) is 0 Å². The van der Waals surface area contributed by atoms with Gasteiger partial charge in [-0.1, -0.05) is 24.3 Å². The van der Waals surface area contributed by atoms with Crippen molar-refractivity contribution in [1.29, 1.82) is 0 Å². The Morgan fingerprint density at radius 1 is 0.892 bits per heavy atom. The number of hydrogen-bond acceptors (Lipinski definition) is 5. The molecule has 0 radical (unpaired) electrons. The lowest BCUT2D eigenvalue weighted by atomic mass is 9.72. The van der Waals surface area contributed by atoms with E-state index < -0.39 is 16.7 Å². The van der Waals surface area contributed by atoms with Gasteiger partial charge in [0.25, 0.3) is 11.5 Å². The monoisotopic (exact) mass is 502 g/mol. The Balaban J connectivity index is 1.41. The van der Waals surface area contributed by atoms with Crippen LogP contribution in [0.4, 0.5) is 0 Å². The zero-order valence-electron chi connectivity index (χ0n) is 21.0. The van der Waals surface area contributed by atoms with Crippen LogP contribution in [-0.4, -0.2) is 45.5 Å². The molecule has 0 unspecified atom stereocenters. The number of amides is 2. The highest BCUT2D eigenvalue weighted by Gasteiger charge is 2.42. The first kappa shape index (κ1) is 24.5. The molecule has 2 aliphatic rings. The Morgan fingerprint density at radius 2 is 1.54 bits per heavy atom. The molecule has 0 atom stereocenters. The van der Waals surface area contributed by atoms with Crippen LogP contribution in [0.5, 0.6) is 11.5 Å². The molecule has 9 heteroatoms. The molecule has 37 heavy (non-hydrogen) atoms. The fourth-order valence-corrected chi connectivity index (χ4v) is 5.24. The van der Waals surface area contributed by atoms with Crippen LogP contribution < -0.4 is 21.3 Å². The van der Waals surface area contributed by atoms with Gasteiger partial charge in [-0.3, -0.25) is 23.5 Å². The Labute approximate surface area is 214 Å². The van der Waals surface area contributed by atoms with Crippen LogP contribution in [0.25, 0.3) is 0 Å². The third-order valence-electron chi connectivity index (χ3n) is 7.51. The van der Waals surface area contributed by atoms with E-state index >= 15 is 0 Å². The van der Waals surface area contributed by atoms with Crippen molar-refractivity contribution in [1.82, 2.24) is 19.4 Å². The molecule has 9 nitrogen and oxygen atoms in total. The largest absolute Gasteiger partial charge is 0.457 e. The summed E-state index contributed by atoms with van der Waals surface area (Å²) in [6.07, 6.45) is 2.11. The van der Waals surface area contributed by atoms with Crippen LogP contribution in [0.2, 0.25) is 0 Å². The molecule has 1 saturated heterocycles. The van der Waals surface area contributed by atoms with Crippen LogP contribution in [0.3, 0.4) is 0 Å². The zero-order chi connectivity index (χ0) is 26.2. The number of likely N-dealkylation sites (tertiary alicyclic amines) is 1. The van der Waals surface area contributed by atoms with Crippen molar-refractivity contribution in [3.05, 3.63) is 92.3 Å². The third-order valence-corrected chi connectivity index (χ3v) is 7.51. The average Bonchev–Trinajstić information content (AvgIpc) is 2.90. The minimum atomic E-state index is -0.694. The van der Waals surface area contributed by atoms with E-state index in [2.05, 4.69) is 5.32 Å². The predicted octanol–water partition coefficient (Wildman–Crippen LogP) is 2.01. The maximum absolute atomic E-state index is 13.6. The summed E-state index contributed by atoms with van der Waals surface area (Å²) in [5.74, 6) is 1.06. The molecule has 1 fully saturated rings. The molecular formula is C28H30N4O5. The number of benzene rings is 2. The van der Waals surface area contributed by atoms with Crippen LogP contribution in [0.1, 0.15) is 34.5 Å². The number of rotatable bonds is 1. The summed E-state index contributed by atoms with van der Waals surface area (Å²) in [5.41, 5.74) is 0.336. The highest BCUT2D eigenvalue weighted by molar-refractivity contribution is 5.93. The first-order valence-corrected chi connectivity index (χ1v) is 12.5. The summed E-state index contributed by atoms with van der Waals surface area (Å²) in [5, 5.41) is 3.13. The molecule has 2 amide bonds. The topological polar surface area (TPSA) is 103 Å². The van der Waals surface area contributed by atoms with Gasteiger partial charge in [0.2, 0.25) is 5.91 Å². The summed E-state index contributed by atoms with van der Waals surface area (Å²) in [6.45, 7) is 1.18. The number of nitrogens with zero attached hydrogens (tertiary/aromatic N) is 3. The second-order valence-electron chi connectivity index (χ2n) is 9.92. The molecule has 1 aromatic heterocycles. The molecule has 2 aliphatic heterocycles. The minimum absolute atomic E-state index is 0.0256. The van der Waals surface area contributed by atoms with Gasteiger partial charge in [-0.2, -0.15) is 0 Å². The van der Waals surface area contributed by atoms with Crippen LogP contribution in [0, 0.1) is 5.41 Å². The standard InChI is InChI=1S/C28H30N4O5/c1-30-23(17-24(33)31(2)27(30)36)25(34)32-13-10-28(11-14-32)18-20-6-4-8-22(16-20)37-21-7-3-5-19(15-21)9-12-29-26(28)35/h3-8,15-17H,9-14,18H2,1-2H3,(H,29,35). The van der Waals surface area contributed by atoms with Crippen molar-refractivity contribution < 1.29 is 14.3 Å². The Kier molecular flexibility index (Phi) is 6.45. The van der Waals surface area contributed by atoms with E-state index in [9.17, 15) is 19.2 Å². The van der Waals surface area contributed by atoms with E-state index in [1.165, 1.54) is 24.7 Å². The van der Waals surface area contributed by atoms with Crippen molar-refractivity contribution in [2.24, 2.45) is 19.5 Å². The highest BCUT2D eigenvalue weighted by atomic mass is 16.5. The first-order chi connectivity index (χ1) is 17.8. The van der Waals surface area contributed by atoms with Crippen molar-refractivity contribution >= 4 is 11.8 Å². The number of ether oxygens (including phenoxy) is 1. The van der Waals surface area contributed by atoms with E-state index in [0.29, 0.717) is 51.1 Å². The minimum Gasteiger partial charge on any atom is -0.457 e. The summed E-state index contributed by atoms with van der Waals surface area (Å²) >= 11 is 0. The highest BCUT2D eigenvalue weighted by Crippen LogP contribution is 2.37. The fraction of sp³-hybridized carbons (Fsp3) is 0.357. The van der Waals surface area contributed by atoms with E-state index in [1.807, 2.05) is 48.5 Å². The lowest BCUT2D eigenvalue weighted by Crippen LogP contribution is -2.52. The lowest BCUT2D eigenvalue weighted by Gasteiger charge is -2.41. The van der Waals surface area contributed by atoms with Gasteiger partial charge in [0.1, 0.15) is 17.2 Å². The molecule has 1 N–H and O–H groups in total. The zero-order valence-corrected chi connectivity index (χ0v) is 21.0. The number of carbonyl (C=O) groups is 2. The summed E-state index contributed by atoms with van der Waals surface area (Å²) in [4.78, 5) is 53.0. The fourth-order valence-electron chi connectivity index (χ4n) is 5.24. The number of hydrogen-bond donors (Lipinski definition) is 1. The van der Waals surface area contributed by atoms with E-state index in [-0.39, 0.29) is 17.5 Å². The van der Waals surface area contributed by atoms with Crippen molar-refractivity contribution in [2.45, 2.75) is 25.7 Å². The SMILES string of the molecule is Cn1c(C(=O)N2CCC3(CC2)Cc2cccc(c2)Oc2cccc(c2)CCNC3=O)cc(=O)n(C)c1=O. The van der Waals surface area contributed by atoms with E-state index in [4.69, 9.17) is 4.74 Å². The predicted molar refractivity (Wildman–Crippen MR) is 138 cm³/mol. The summed E-state index contributed by atoms with van der Waals surface area (Å²) < 4.78 is 8.26. The molecule has 192 valence electrons. The third kappa shape index (κ3) is 4.81. The number of nitrogens with one attached hydrogen (secondary N) is 1. The molecule has 0 saturated carbocycles. The van der Waals surface area contributed by atoms with Gasteiger partial charge in [-0.15, -0.1) is 0 Å². The number of fused-ring (bicyclic) bond motifs is 4. The van der Waals surface area contributed by atoms with Gasteiger partial charge in [-0.25, -0.2) is 4.79 Å². The number of aromatic nitrogens is 2. The lowest BCUT2D eigenvalue weighted by molar-refractivity contribution is -0.133. The Bertz CT molecular complexity index is 1480.